The second-order valence-corrected chi connectivity index (χ2v) is 5.41. The second kappa shape index (κ2) is 5.05. The third-order valence-electron chi connectivity index (χ3n) is 3.93. The highest BCUT2D eigenvalue weighted by Crippen LogP contribution is 2.34. The van der Waals surface area contributed by atoms with E-state index < -0.39 is 0 Å². The van der Waals surface area contributed by atoms with Crippen molar-refractivity contribution in [1.82, 2.24) is 4.98 Å². The number of hydrogen-bond acceptors (Lipinski definition) is 3. The molecule has 0 aliphatic heterocycles. The lowest BCUT2D eigenvalue weighted by atomic mass is 9.77. The van der Waals surface area contributed by atoms with E-state index in [1.165, 1.54) is 12.8 Å². The fourth-order valence-electron chi connectivity index (χ4n) is 2.51. The van der Waals surface area contributed by atoms with Crippen molar-refractivity contribution in [3.05, 3.63) is 23.9 Å². The number of aromatic nitrogens is 1. The number of aliphatic hydroxyl groups is 1. The molecule has 0 amide bonds. The highest BCUT2D eigenvalue weighted by molar-refractivity contribution is 5.45. The van der Waals surface area contributed by atoms with Gasteiger partial charge in [0.1, 0.15) is 5.82 Å². The topological polar surface area (TPSA) is 45.2 Å². The maximum absolute atomic E-state index is 9.69. The molecular formula is C14H22N2O. The average Bonchev–Trinajstić information content (AvgIpc) is 2.35. The van der Waals surface area contributed by atoms with Crippen LogP contribution in [0.15, 0.2) is 18.3 Å². The number of aryl methyl sites for hydroxylation is 1. The van der Waals surface area contributed by atoms with Crippen molar-refractivity contribution in [3.63, 3.8) is 0 Å². The highest BCUT2D eigenvalue weighted by Gasteiger charge is 2.34. The Balaban J connectivity index is 2.12. The number of hydrogen-bond donors (Lipinski definition) is 2. The van der Waals surface area contributed by atoms with Crippen LogP contribution in [0.2, 0.25) is 0 Å². The third-order valence-corrected chi connectivity index (χ3v) is 3.93. The van der Waals surface area contributed by atoms with Gasteiger partial charge in [-0.2, -0.15) is 0 Å². The molecule has 3 heteroatoms. The largest absolute Gasteiger partial charge is 0.394 e. The molecule has 1 fully saturated rings. The molecule has 0 spiro atoms. The van der Waals surface area contributed by atoms with Gasteiger partial charge >= 0.3 is 0 Å². The molecule has 1 aliphatic carbocycles. The van der Waals surface area contributed by atoms with Crippen molar-refractivity contribution in [2.24, 2.45) is 5.92 Å². The summed E-state index contributed by atoms with van der Waals surface area (Å²) in [5, 5.41) is 13.2. The van der Waals surface area contributed by atoms with E-state index in [4.69, 9.17) is 0 Å². The van der Waals surface area contributed by atoms with Gasteiger partial charge in [0.2, 0.25) is 0 Å². The second-order valence-electron chi connectivity index (χ2n) is 5.41. The van der Waals surface area contributed by atoms with Crippen molar-refractivity contribution < 1.29 is 5.11 Å². The molecule has 94 valence electrons. The molecular weight excluding hydrogens is 212 g/mol. The van der Waals surface area contributed by atoms with Gasteiger partial charge in [-0.1, -0.05) is 13.0 Å². The number of anilines is 1. The van der Waals surface area contributed by atoms with E-state index in [-0.39, 0.29) is 12.1 Å². The Labute approximate surface area is 103 Å². The summed E-state index contributed by atoms with van der Waals surface area (Å²) in [6.07, 6.45) is 6.21. The van der Waals surface area contributed by atoms with E-state index in [2.05, 4.69) is 17.2 Å². The first-order valence-electron chi connectivity index (χ1n) is 6.46. The summed E-state index contributed by atoms with van der Waals surface area (Å²) >= 11 is 0. The Hall–Kier alpha value is -1.09. The molecule has 17 heavy (non-hydrogen) atoms. The maximum Gasteiger partial charge on any atom is 0.129 e. The van der Waals surface area contributed by atoms with E-state index >= 15 is 0 Å². The van der Waals surface area contributed by atoms with Gasteiger partial charge in [-0.05, 0) is 50.2 Å². The van der Waals surface area contributed by atoms with Gasteiger partial charge in [0.05, 0.1) is 12.1 Å². The van der Waals surface area contributed by atoms with Gasteiger partial charge in [-0.3, -0.25) is 0 Å². The molecule has 2 rings (SSSR count). The molecule has 0 radical (unpaired) electrons. The Morgan fingerprint density at radius 1 is 1.47 bits per heavy atom. The van der Waals surface area contributed by atoms with Crippen LogP contribution in [0.4, 0.5) is 5.82 Å². The van der Waals surface area contributed by atoms with Gasteiger partial charge < -0.3 is 10.4 Å². The Bertz CT molecular complexity index is 370. The van der Waals surface area contributed by atoms with E-state index in [1.54, 1.807) is 6.20 Å². The van der Waals surface area contributed by atoms with Crippen LogP contribution in [0, 0.1) is 12.8 Å². The summed E-state index contributed by atoms with van der Waals surface area (Å²) in [6.45, 7) is 4.52. The lowest BCUT2D eigenvalue weighted by molar-refractivity contribution is 0.155. The summed E-state index contributed by atoms with van der Waals surface area (Å²) in [6, 6.07) is 3.99. The van der Waals surface area contributed by atoms with E-state index in [9.17, 15) is 5.11 Å². The lowest BCUT2D eigenvalue weighted by Gasteiger charge is -2.39. The summed E-state index contributed by atoms with van der Waals surface area (Å²) in [5.74, 6) is 1.69. The maximum atomic E-state index is 9.69. The summed E-state index contributed by atoms with van der Waals surface area (Å²) < 4.78 is 0. The van der Waals surface area contributed by atoms with Crippen LogP contribution in [0.1, 0.15) is 38.2 Å². The molecule has 1 aliphatic rings. The van der Waals surface area contributed by atoms with Crippen molar-refractivity contribution in [2.75, 3.05) is 11.9 Å². The Kier molecular flexibility index (Phi) is 3.67. The Morgan fingerprint density at radius 3 is 2.76 bits per heavy atom. The third kappa shape index (κ3) is 2.78. The molecule has 1 heterocycles. The number of nitrogens with one attached hydrogen (secondary N) is 1. The first-order chi connectivity index (χ1) is 8.15. The van der Waals surface area contributed by atoms with E-state index in [0.29, 0.717) is 0 Å². The van der Waals surface area contributed by atoms with Crippen LogP contribution in [0.25, 0.3) is 0 Å². The molecule has 1 aromatic rings. The molecule has 0 saturated heterocycles. The number of rotatable bonds is 3. The van der Waals surface area contributed by atoms with Crippen LogP contribution < -0.4 is 5.32 Å². The zero-order valence-corrected chi connectivity index (χ0v) is 10.7. The molecule has 1 aromatic heterocycles. The predicted octanol–water partition coefficient (Wildman–Crippen LogP) is 2.74. The molecule has 2 N–H and O–H groups in total. The SMILES string of the molecule is Cc1cccnc1NC1(CO)CCC(C)CC1. The van der Waals surface area contributed by atoms with Crippen LogP contribution in [0.5, 0.6) is 0 Å². The summed E-state index contributed by atoms with van der Waals surface area (Å²) in [4.78, 5) is 4.36. The molecule has 0 atom stereocenters. The van der Waals surface area contributed by atoms with Crippen molar-refractivity contribution in [2.45, 2.75) is 45.1 Å². The number of nitrogens with zero attached hydrogens (tertiary/aromatic N) is 1. The van der Waals surface area contributed by atoms with Crippen LogP contribution >= 0.6 is 0 Å². The zero-order valence-electron chi connectivity index (χ0n) is 10.7. The molecule has 1 saturated carbocycles. The van der Waals surface area contributed by atoms with Gasteiger partial charge in [-0.15, -0.1) is 0 Å². The molecule has 0 unspecified atom stereocenters. The summed E-state index contributed by atoms with van der Waals surface area (Å²) in [7, 11) is 0. The molecule has 0 bridgehead atoms. The number of pyridine rings is 1. The monoisotopic (exact) mass is 234 g/mol. The van der Waals surface area contributed by atoms with Crippen molar-refractivity contribution >= 4 is 5.82 Å². The first kappa shape index (κ1) is 12.4. The predicted molar refractivity (Wildman–Crippen MR) is 70.0 cm³/mol. The summed E-state index contributed by atoms with van der Waals surface area (Å²) in [5.41, 5.74) is 0.977. The lowest BCUT2D eigenvalue weighted by Crippen LogP contribution is -2.45. The minimum absolute atomic E-state index is 0.161. The molecule has 3 nitrogen and oxygen atoms in total. The van der Waals surface area contributed by atoms with Crippen molar-refractivity contribution in [1.29, 1.82) is 0 Å². The standard InChI is InChI=1S/C14H22N2O/c1-11-5-7-14(10-17,8-6-11)16-13-12(2)4-3-9-15-13/h3-4,9,11,17H,5-8,10H2,1-2H3,(H,15,16). The minimum Gasteiger partial charge on any atom is -0.394 e. The van der Waals surface area contributed by atoms with Crippen LogP contribution in [-0.2, 0) is 0 Å². The van der Waals surface area contributed by atoms with Crippen LogP contribution in [-0.4, -0.2) is 22.2 Å². The van der Waals surface area contributed by atoms with E-state index in [0.717, 1.165) is 30.1 Å². The first-order valence-corrected chi connectivity index (χ1v) is 6.46. The average molecular weight is 234 g/mol. The zero-order chi connectivity index (χ0) is 12.3. The normalized spacial score (nSPS) is 29.0. The molecule has 0 aromatic carbocycles. The smallest absolute Gasteiger partial charge is 0.129 e. The highest BCUT2D eigenvalue weighted by atomic mass is 16.3. The van der Waals surface area contributed by atoms with Gasteiger partial charge in [-0.25, -0.2) is 4.98 Å². The minimum atomic E-state index is -0.161. The fraction of sp³-hybridized carbons (Fsp3) is 0.643. The van der Waals surface area contributed by atoms with E-state index in [1.807, 2.05) is 19.1 Å². The quantitative estimate of drug-likeness (QED) is 0.845. The van der Waals surface area contributed by atoms with Crippen molar-refractivity contribution in [3.8, 4) is 0 Å². The fourth-order valence-corrected chi connectivity index (χ4v) is 2.51. The van der Waals surface area contributed by atoms with Gasteiger partial charge in [0.25, 0.3) is 0 Å². The van der Waals surface area contributed by atoms with Crippen LogP contribution in [0.3, 0.4) is 0 Å². The number of aliphatic hydroxyl groups excluding tert-OH is 1. The Morgan fingerprint density at radius 2 is 2.18 bits per heavy atom. The van der Waals surface area contributed by atoms with Gasteiger partial charge in [0.15, 0.2) is 0 Å². The van der Waals surface area contributed by atoms with Gasteiger partial charge in [0, 0.05) is 6.20 Å².